The zero-order valence-corrected chi connectivity index (χ0v) is 14.9. The standard InChI is InChI=1S/C18H21N3O3S/c1-2-24-17(22)13-6-8-14(9-7-13)20-18(23)21-11-4-3-5-15(21)16-19-10-12-25-16/h6-10,12,15H,2-5,11H2,1H3,(H,20,23)/t15-/m1/s1. The molecule has 132 valence electrons. The fourth-order valence-electron chi connectivity index (χ4n) is 2.93. The van der Waals surface area contributed by atoms with Crippen molar-refractivity contribution in [2.24, 2.45) is 0 Å². The highest BCUT2D eigenvalue weighted by atomic mass is 32.1. The third-order valence-corrected chi connectivity index (χ3v) is 5.02. The van der Waals surface area contributed by atoms with Crippen LogP contribution >= 0.6 is 11.3 Å². The molecule has 0 radical (unpaired) electrons. The molecule has 7 heteroatoms. The second-order valence-electron chi connectivity index (χ2n) is 5.80. The van der Waals surface area contributed by atoms with Crippen LogP contribution in [0.4, 0.5) is 10.5 Å². The first-order valence-corrected chi connectivity index (χ1v) is 9.31. The number of nitrogens with one attached hydrogen (secondary N) is 1. The molecule has 25 heavy (non-hydrogen) atoms. The summed E-state index contributed by atoms with van der Waals surface area (Å²) >= 11 is 1.58. The largest absolute Gasteiger partial charge is 0.462 e. The van der Waals surface area contributed by atoms with E-state index in [1.165, 1.54) is 0 Å². The molecule has 1 aliphatic heterocycles. The molecule has 0 saturated carbocycles. The summed E-state index contributed by atoms with van der Waals surface area (Å²) in [5, 5.41) is 5.83. The van der Waals surface area contributed by atoms with Crippen LogP contribution in [0.1, 0.15) is 47.6 Å². The van der Waals surface area contributed by atoms with E-state index in [2.05, 4.69) is 10.3 Å². The van der Waals surface area contributed by atoms with Gasteiger partial charge in [-0.05, 0) is 50.5 Å². The topological polar surface area (TPSA) is 71.5 Å². The van der Waals surface area contributed by atoms with Crippen LogP contribution in [0.3, 0.4) is 0 Å². The van der Waals surface area contributed by atoms with Gasteiger partial charge < -0.3 is 15.0 Å². The van der Waals surface area contributed by atoms with Crippen LogP contribution in [0.15, 0.2) is 35.8 Å². The van der Waals surface area contributed by atoms with Crippen molar-refractivity contribution in [1.82, 2.24) is 9.88 Å². The van der Waals surface area contributed by atoms with Crippen LogP contribution in [-0.4, -0.2) is 35.0 Å². The van der Waals surface area contributed by atoms with Gasteiger partial charge in [-0.1, -0.05) is 0 Å². The molecular weight excluding hydrogens is 338 g/mol. The number of hydrogen-bond donors (Lipinski definition) is 1. The van der Waals surface area contributed by atoms with Gasteiger partial charge in [-0.25, -0.2) is 14.6 Å². The summed E-state index contributed by atoms with van der Waals surface area (Å²) in [6.07, 6.45) is 4.81. The zero-order chi connectivity index (χ0) is 17.6. The van der Waals surface area contributed by atoms with Crippen LogP contribution in [0, 0.1) is 0 Å². The summed E-state index contributed by atoms with van der Waals surface area (Å²) in [7, 11) is 0. The van der Waals surface area contributed by atoms with Crippen molar-refractivity contribution >= 4 is 29.0 Å². The van der Waals surface area contributed by atoms with Gasteiger partial charge in [0.15, 0.2) is 0 Å². The molecule has 0 spiro atoms. The molecule has 1 atom stereocenters. The number of hydrogen-bond acceptors (Lipinski definition) is 5. The Hall–Kier alpha value is -2.41. The Morgan fingerprint density at radius 1 is 1.32 bits per heavy atom. The van der Waals surface area contributed by atoms with Gasteiger partial charge in [-0.15, -0.1) is 11.3 Å². The quantitative estimate of drug-likeness (QED) is 0.835. The van der Waals surface area contributed by atoms with Gasteiger partial charge in [0.05, 0.1) is 18.2 Å². The molecule has 2 aromatic rings. The molecule has 2 heterocycles. The molecule has 3 rings (SSSR count). The molecule has 2 amide bonds. The number of esters is 1. The Balaban J connectivity index is 1.67. The van der Waals surface area contributed by atoms with E-state index < -0.39 is 0 Å². The normalized spacial score (nSPS) is 17.2. The smallest absolute Gasteiger partial charge is 0.338 e. The van der Waals surface area contributed by atoms with Crippen LogP contribution in [0.5, 0.6) is 0 Å². The minimum absolute atomic E-state index is 0.0348. The van der Waals surface area contributed by atoms with Crippen molar-refractivity contribution in [3.05, 3.63) is 46.4 Å². The fraction of sp³-hybridized carbons (Fsp3) is 0.389. The summed E-state index contributed by atoms with van der Waals surface area (Å²) in [6, 6.07) is 6.64. The van der Waals surface area contributed by atoms with E-state index in [0.29, 0.717) is 17.9 Å². The molecule has 0 aliphatic carbocycles. The Kier molecular flexibility index (Phi) is 5.65. The van der Waals surface area contributed by atoms with E-state index >= 15 is 0 Å². The molecule has 0 unspecified atom stereocenters. The maximum atomic E-state index is 12.7. The maximum absolute atomic E-state index is 12.7. The van der Waals surface area contributed by atoms with Crippen molar-refractivity contribution < 1.29 is 14.3 Å². The monoisotopic (exact) mass is 359 g/mol. The first-order valence-electron chi connectivity index (χ1n) is 8.43. The number of likely N-dealkylation sites (tertiary alicyclic amines) is 1. The first-order chi connectivity index (χ1) is 12.2. The lowest BCUT2D eigenvalue weighted by atomic mass is 10.0. The number of thiazole rings is 1. The molecule has 1 aromatic heterocycles. The number of rotatable bonds is 4. The molecule has 1 N–H and O–H groups in total. The van der Waals surface area contributed by atoms with Gasteiger partial charge >= 0.3 is 12.0 Å². The highest BCUT2D eigenvalue weighted by molar-refractivity contribution is 7.09. The van der Waals surface area contributed by atoms with E-state index in [9.17, 15) is 9.59 Å². The van der Waals surface area contributed by atoms with E-state index in [0.717, 1.165) is 30.8 Å². The summed E-state index contributed by atoms with van der Waals surface area (Å²) in [4.78, 5) is 30.6. The van der Waals surface area contributed by atoms with Crippen LogP contribution in [0.2, 0.25) is 0 Å². The summed E-state index contributed by atoms with van der Waals surface area (Å²) in [6.45, 7) is 2.82. The lowest BCUT2D eigenvalue weighted by molar-refractivity contribution is 0.0526. The average molecular weight is 359 g/mol. The van der Waals surface area contributed by atoms with Crippen molar-refractivity contribution in [1.29, 1.82) is 0 Å². The number of nitrogens with zero attached hydrogens (tertiary/aromatic N) is 2. The van der Waals surface area contributed by atoms with Crippen molar-refractivity contribution in [3.63, 3.8) is 0 Å². The SMILES string of the molecule is CCOC(=O)c1ccc(NC(=O)N2CCCC[C@@H]2c2nccs2)cc1. The van der Waals surface area contributed by atoms with Crippen molar-refractivity contribution in [2.75, 3.05) is 18.5 Å². The fourth-order valence-corrected chi connectivity index (χ4v) is 3.71. The number of anilines is 1. The lowest BCUT2D eigenvalue weighted by Gasteiger charge is -2.34. The van der Waals surface area contributed by atoms with Crippen molar-refractivity contribution in [3.8, 4) is 0 Å². The summed E-state index contributed by atoms with van der Waals surface area (Å²) in [5.74, 6) is -0.361. The molecule has 1 saturated heterocycles. The number of carbonyl (C=O) groups is 2. The molecular formula is C18H21N3O3S. The van der Waals surface area contributed by atoms with Gasteiger partial charge in [0.2, 0.25) is 0 Å². The Morgan fingerprint density at radius 2 is 2.12 bits per heavy atom. The molecule has 1 fully saturated rings. The predicted molar refractivity (Wildman–Crippen MR) is 96.8 cm³/mol. The highest BCUT2D eigenvalue weighted by Crippen LogP contribution is 2.32. The number of ether oxygens (including phenoxy) is 1. The third-order valence-electron chi connectivity index (χ3n) is 4.15. The van der Waals surface area contributed by atoms with Gasteiger partial charge in [-0.2, -0.15) is 0 Å². The van der Waals surface area contributed by atoms with E-state index in [-0.39, 0.29) is 18.0 Å². The summed E-state index contributed by atoms with van der Waals surface area (Å²) < 4.78 is 4.96. The lowest BCUT2D eigenvalue weighted by Crippen LogP contribution is -2.41. The van der Waals surface area contributed by atoms with Gasteiger partial charge in [0.1, 0.15) is 5.01 Å². The number of benzene rings is 1. The number of aromatic nitrogens is 1. The van der Waals surface area contributed by atoms with Crippen LogP contribution in [0.25, 0.3) is 0 Å². The zero-order valence-electron chi connectivity index (χ0n) is 14.1. The summed E-state index contributed by atoms with van der Waals surface area (Å²) in [5.41, 5.74) is 1.12. The maximum Gasteiger partial charge on any atom is 0.338 e. The minimum Gasteiger partial charge on any atom is -0.462 e. The van der Waals surface area contributed by atoms with E-state index in [1.54, 1.807) is 48.7 Å². The van der Waals surface area contributed by atoms with Crippen LogP contribution < -0.4 is 5.32 Å². The molecule has 1 aromatic carbocycles. The highest BCUT2D eigenvalue weighted by Gasteiger charge is 2.29. The first kappa shape index (κ1) is 17.4. The average Bonchev–Trinajstić information content (AvgIpc) is 3.17. The van der Waals surface area contributed by atoms with Crippen LogP contribution in [-0.2, 0) is 4.74 Å². The van der Waals surface area contributed by atoms with Gasteiger partial charge in [-0.3, -0.25) is 0 Å². The number of carbonyl (C=O) groups excluding carboxylic acids is 2. The Bertz CT molecular complexity index is 716. The number of amides is 2. The Labute approximate surface area is 150 Å². The van der Waals surface area contributed by atoms with Gasteiger partial charge in [0, 0.05) is 23.8 Å². The molecule has 1 aliphatic rings. The Morgan fingerprint density at radius 3 is 2.80 bits per heavy atom. The van der Waals surface area contributed by atoms with E-state index in [1.807, 2.05) is 10.3 Å². The van der Waals surface area contributed by atoms with Crippen molar-refractivity contribution in [2.45, 2.75) is 32.2 Å². The second-order valence-corrected chi connectivity index (χ2v) is 6.73. The number of urea groups is 1. The molecule has 6 nitrogen and oxygen atoms in total. The van der Waals surface area contributed by atoms with Gasteiger partial charge in [0.25, 0.3) is 0 Å². The second kappa shape index (κ2) is 8.11. The minimum atomic E-state index is -0.361. The third kappa shape index (κ3) is 4.17. The van der Waals surface area contributed by atoms with E-state index in [4.69, 9.17) is 4.74 Å². The number of piperidine rings is 1. The molecule has 0 bridgehead atoms. The predicted octanol–water partition coefficient (Wildman–Crippen LogP) is 4.08.